The van der Waals surface area contributed by atoms with Gasteiger partial charge in [-0.15, -0.1) is 0 Å². The fraction of sp³-hybridized carbons (Fsp3) is 0.167. The molecule has 2 aromatic rings. The molecule has 0 aromatic heterocycles. The van der Waals surface area contributed by atoms with Crippen LogP contribution in [0.3, 0.4) is 0 Å². The highest BCUT2D eigenvalue weighted by Gasteiger charge is 2.06. The largest absolute Gasteiger partial charge is 0.488 e. The highest BCUT2D eigenvalue weighted by atomic mass is 79.9. The highest BCUT2D eigenvalue weighted by molar-refractivity contribution is 9.10. The van der Waals surface area contributed by atoms with Crippen molar-refractivity contribution in [3.8, 4) is 5.75 Å². The number of carboxylic acid groups (broad SMARTS) is 1. The SMILES string of the molecule is CCNC(=S)NN=Cc1ccc(OCc2cccc(C(=O)O)c2)c(Br)c1. The van der Waals surface area contributed by atoms with E-state index in [4.69, 9.17) is 22.1 Å². The zero-order valence-corrected chi connectivity index (χ0v) is 16.4. The fourth-order valence-electron chi connectivity index (χ4n) is 2.04. The number of nitrogens with one attached hydrogen (secondary N) is 2. The van der Waals surface area contributed by atoms with Crippen LogP contribution in [0.1, 0.15) is 28.4 Å². The minimum atomic E-state index is -0.959. The summed E-state index contributed by atoms with van der Waals surface area (Å²) in [6.07, 6.45) is 1.65. The van der Waals surface area contributed by atoms with E-state index in [1.165, 1.54) is 0 Å². The lowest BCUT2D eigenvalue weighted by molar-refractivity contribution is 0.0696. The van der Waals surface area contributed by atoms with Gasteiger partial charge in [-0.3, -0.25) is 5.43 Å². The van der Waals surface area contributed by atoms with Gasteiger partial charge in [-0.25, -0.2) is 4.79 Å². The normalized spacial score (nSPS) is 10.5. The molecular weight excluding hydrogens is 418 g/mol. The number of hydrogen-bond donors (Lipinski definition) is 3. The topological polar surface area (TPSA) is 83.0 Å². The van der Waals surface area contributed by atoms with Crippen LogP contribution in [0.15, 0.2) is 52.0 Å². The van der Waals surface area contributed by atoms with E-state index in [2.05, 4.69) is 31.8 Å². The molecule has 0 atom stereocenters. The lowest BCUT2D eigenvalue weighted by atomic mass is 10.1. The monoisotopic (exact) mass is 435 g/mol. The van der Waals surface area contributed by atoms with Crippen molar-refractivity contribution >= 4 is 45.4 Å². The van der Waals surface area contributed by atoms with Gasteiger partial charge in [0.05, 0.1) is 16.3 Å². The first-order valence-electron chi connectivity index (χ1n) is 7.81. The molecule has 0 saturated carbocycles. The molecule has 3 N–H and O–H groups in total. The van der Waals surface area contributed by atoms with Crippen molar-refractivity contribution in [1.29, 1.82) is 0 Å². The summed E-state index contributed by atoms with van der Waals surface area (Å²) < 4.78 is 6.53. The molecule has 0 unspecified atom stereocenters. The van der Waals surface area contributed by atoms with Crippen molar-refractivity contribution in [2.75, 3.05) is 6.54 Å². The first-order valence-corrected chi connectivity index (χ1v) is 9.01. The van der Waals surface area contributed by atoms with Crippen LogP contribution >= 0.6 is 28.1 Å². The van der Waals surface area contributed by atoms with Crippen LogP contribution in [0.2, 0.25) is 0 Å². The zero-order chi connectivity index (χ0) is 18.9. The number of hydrogen-bond acceptors (Lipinski definition) is 4. The van der Waals surface area contributed by atoms with Crippen LogP contribution in [0.4, 0.5) is 0 Å². The summed E-state index contributed by atoms with van der Waals surface area (Å²) >= 11 is 8.48. The average molecular weight is 436 g/mol. The molecule has 26 heavy (non-hydrogen) atoms. The van der Waals surface area contributed by atoms with Crippen LogP contribution in [-0.4, -0.2) is 28.9 Å². The molecule has 0 aliphatic heterocycles. The van der Waals surface area contributed by atoms with Gasteiger partial charge in [0, 0.05) is 6.54 Å². The lowest BCUT2D eigenvalue weighted by Gasteiger charge is -2.09. The molecule has 0 aliphatic rings. The molecule has 0 heterocycles. The molecule has 0 spiro atoms. The molecule has 2 rings (SSSR count). The summed E-state index contributed by atoms with van der Waals surface area (Å²) in [5, 5.41) is 16.5. The number of hydrazone groups is 1. The van der Waals surface area contributed by atoms with Gasteiger partial charge in [0.25, 0.3) is 0 Å². The first kappa shape index (κ1) is 19.9. The summed E-state index contributed by atoms with van der Waals surface area (Å²) in [5.74, 6) is -0.307. The van der Waals surface area contributed by atoms with Crippen LogP contribution in [0.25, 0.3) is 0 Å². The summed E-state index contributed by atoms with van der Waals surface area (Å²) in [5.41, 5.74) is 4.60. The second-order valence-corrected chi connectivity index (χ2v) is 6.48. The number of carbonyl (C=O) groups is 1. The Kier molecular flexibility index (Phi) is 7.55. The van der Waals surface area contributed by atoms with Crippen LogP contribution in [0, 0.1) is 0 Å². The van der Waals surface area contributed by atoms with Crippen LogP contribution < -0.4 is 15.5 Å². The minimum absolute atomic E-state index is 0.236. The Bertz CT molecular complexity index is 827. The standard InChI is InChI=1S/C18H18BrN3O3S/c1-2-20-18(26)22-21-10-12-6-7-16(15(19)9-12)25-11-13-4-3-5-14(8-13)17(23)24/h3-10H,2,11H2,1H3,(H,23,24)(H2,20,22,26). The van der Waals surface area contributed by atoms with Gasteiger partial charge in [-0.05, 0) is 76.5 Å². The predicted molar refractivity (Wildman–Crippen MR) is 109 cm³/mol. The summed E-state index contributed by atoms with van der Waals surface area (Å²) in [6.45, 7) is 2.95. The minimum Gasteiger partial charge on any atom is -0.488 e. The average Bonchev–Trinajstić information content (AvgIpc) is 2.61. The van der Waals surface area contributed by atoms with Crippen molar-refractivity contribution in [3.63, 3.8) is 0 Å². The van der Waals surface area contributed by atoms with Gasteiger partial charge in [0.1, 0.15) is 12.4 Å². The molecule has 0 saturated heterocycles. The molecule has 2 aromatic carbocycles. The van der Waals surface area contributed by atoms with Crippen molar-refractivity contribution in [2.45, 2.75) is 13.5 Å². The molecule has 136 valence electrons. The number of thiocarbonyl (C=S) groups is 1. The number of nitrogens with zero attached hydrogens (tertiary/aromatic N) is 1. The third-order valence-electron chi connectivity index (χ3n) is 3.24. The summed E-state index contributed by atoms with van der Waals surface area (Å²) in [7, 11) is 0. The lowest BCUT2D eigenvalue weighted by Crippen LogP contribution is -2.31. The first-order chi connectivity index (χ1) is 12.5. The summed E-state index contributed by atoms with van der Waals surface area (Å²) in [4.78, 5) is 11.0. The van der Waals surface area contributed by atoms with Crippen molar-refractivity contribution in [1.82, 2.24) is 10.7 Å². The Labute approximate surface area is 165 Å². The highest BCUT2D eigenvalue weighted by Crippen LogP contribution is 2.26. The maximum atomic E-state index is 11.0. The Morgan fingerprint density at radius 3 is 2.85 bits per heavy atom. The third-order valence-corrected chi connectivity index (χ3v) is 4.10. The van der Waals surface area contributed by atoms with Crippen molar-refractivity contribution in [2.24, 2.45) is 5.10 Å². The Morgan fingerprint density at radius 1 is 1.35 bits per heavy atom. The van der Waals surface area contributed by atoms with E-state index < -0.39 is 5.97 Å². The molecule has 6 nitrogen and oxygen atoms in total. The van der Waals surface area contributed by atoms with Gasteiger partial charge in [-0.1, -0.05) is 12.1 Å². The van der Waals surface area contributed by atoms with Gasteiger partial charge < -0.3 is 15.2 Å². The van der Waals surface area contributed by atoms with Crippen LogP contribution in [-0.2, 0) is 6.61 Å². The van der Waals surface area contributed by atoms with E-state index in [1.807, 2.05) is 31.2 Å². The van der Waals surface area contributed by atoms with E-state index in [9.17, 15) is 4.79 Å². The fourth-order valence-corrected chi connectivity index (χ4v) is 2.74. The second-order valence-electron chi connectivity index (χ2n) is 5.21. The van der Waals surface area contributed by atoms with Gasteiger partial charge in [0.2, 0.25) is 0 Å². The van der Waals surface area contributed by atoms with Gasteiger partial charge in [0.15, 0.2) is 5.11 Å². The number of halogens is 1. The summed E-state index contributed by atoms with van der Waals surface area (Å²) in [6, 6.07) is 12.2. The smallest absolute Gasteiger partial charge is 0.335 e. The van der Waals surface area contributed by atoms with Gasteiger partial charge in [-0.2, -0.15) is 5.10 Å². The quantitative estimate of drug-likeness (QED) is 0.350. The zero-order valence-electron chi connectivity index (χ0n) is 14.0. The van der Waals surface area contributed by atoms with E-state index in [0.29, 0.717) is 10.9 Å². The van der Waals surface area contributed by atoms with E-state index in [1.54, 1.807) is 24.4 Å². The Morgan fingerprint density at radius 2 is 2.15 bits per heavy atom. The second kappa shape index (κ2) is 9.88. The van der Waals surface area contributed by atoms with E-state index >= 15 is 0 Å². The number of benzene rings is 2. The van der Waals surface area contributed by atoms with E-state index in [-0.39, 0.29) is 12.2 Å². The maximum Gasteiger partial charge on any atom is 0.335 e. The third kappa shape index (κ3) is 6.12. The maximum absolute atomic E-state index is 11.0. The number of aromatic carboxylic acids is 1. The molecule has 8 heteroatoms. The molecule has 0 aliphatic carbocycles. The number of ether oxygens (including phenoxy) is 1. The Hall–Kier alpha value is -2.45. The molecular formula is C18H18BrN3O3S. The van der Waals surface area contributed by atoms with Gasteiger partial charge >= 0.3 is 5.97 Å². The Balaban J connectivity index is 1.97. The molecule has 0 amide bonds. The van der Waals surface area contributed by atoms with E-state index in [0.717, 1.165) is 22.1 Å². The molecule has 0 fully saturated rings. The molecule has 0 radical (unpaired) electrons. The van der Waals surface area contributed by atoms with Crippen molar-refractivity contribution in [3.05, 3.63) is 63.6 Å². The van der Waals surface area contributed by atoms with Crippen LogP contribution in [0.5, 0.6) is 5.75 Å². The molecule has 0 bridgehead atoms. The number of carboxylic acids is 1. The predicted octanol–water partition coefficient (Wildman–Crippen LogP) is 3.54. The van der Waals surface area contributed by atoms with Crippen molar-refractivity contribution < 1.29 is 14.6 Å². The number of rotatable bonds is 7.